The average molecular weight is 446 g/mol. The number of likely N-dealkylation sites (N-methyl/N-ethyl adjacent to an activating group) is 1. The van der Waals surface area contributed by atoms with Gasteiger partial charge in [-0.2, -0.15) is 0 Å². The maximum absolute atomic E-state index is 12.7. The predicted molar refractivity (Wildman–Crippen MR) is 108 cm³/mol. The van der Waals surface area contributed by atoms with Crippen molar-refractivity contribution >= 4 is 39.3 Å². The number of methoxy groups -OCH3 is 1. The standard InChI is InChI=1S/C20H20BrN3O4/c1-3-24-15-9-8-13(21)10-14(15)17(20(24)27)23-19(26)18(25)22-11-12-6-4-5-7-16(12)28-2/h4-10,17H,3,11H2,1-2H3,(H,22,25)(H,23,26). The lowest BCUT2D eigenvalue weighted by atomic mass is 10.1. The second-order valence-corrected chi connectivity index (χ2v) is 7.10. The molecule has 1 aliphatic heterocycles. The number of hydrogen-bond donors (Lipinski definition) is 2. The number of fused-ring (bicyclic) bond motifs is 1. The predicted octanol–water partition coefficient (Wildman–Crippen LogP) is 2.30. The minimum atomic E-state index is -0.892. The van der Waals surface area contributed by atoms with E-state index in [4.69, 9.17) is 4.74 Å². The van der Waals surface area contributed by atoms with E-state index in [0.29, 0.717) is 17.9 Å². The zero-order valence-corrected chi connectivity index (χ0v) is 17.1. The monoisotopic (exact) mass is 445 g/mol. The van der Waals surface area contributed by atoms with E-state index in [2.05, 4.69) is 26.6 Å². The van der Waals surface area contributed by atoms with Gasteiger partial charge >= 0.3 is 11.8 Å². The molecule has 0 radical (unpaired) electrons. The van der Waals surface area contributed by atoms with Gasteiger partial charge in [-0.1, -0.05) is 34.1 Å². The van der Waals surface area contributed by atoms with Crippen molar-refractivity contribution in [2.75, 3.05) is 18.6 Å². The Kier molecular flexibility index (Phi) is 5.99. The van der Waals surface area contributed by atoms with Crippen LogP contribution < -0.4 is 20.3 Å². The number of carbonyl (C=O) groups is 3. The van der Waals surface area contributed by atoms with Crippen LogP contribution in [0.1, 0.15) is 24.1 Å². The van der Waals surface area contributed by atoms with Gasteiger partial charge in [0, 0.05) is 34.4 Å². The van der Waals surface area contributed by atoms with Gasteiger partial charge in [-0.15, -0.1) is 0 Å². The molecule has 0 saturated heterocycles. The minimum absolute atomic E-state index is 0.137. The summed E-state index contributed by atoms with van der Waals surface area (Å²) in [5.74, 6) is -1.32. The molecule has 146 valence electrons. The number of ether oxygens (including phenoxy) is 1. The van der Waals surface area contributed by atoms with E-state index in [-0.39, 0.29) is 12.5 Å². The van der Waals surface area contributed by atoms with Crippen LogP contribution in [0.3, 0.4) is 0 Å². The van der Waals surface area contributed by atoms with Crippen molar-refractivity contribution in [1.29, 1.82) is 0 Å². The Morgan fingerprint density at radius 2 is 1.93 bits per heavy atom. The Bertz CT molecular complexity index is 931. The number of rotatable bonds is 5. The molecule has 3 amide bonds. The third kappa shape index (κ3) is 3.87. The molecule has 0 bridgehead atoms. The van der Waals surface area contributed by atoms with Gasteiger partial charge in [0.05, 0.1) is 7.11 Å². The van der Waals surface area contributed by atoms with Crippen molar-refractivity contribution in [3.63, 3.8) is 0 Å². The smallest absolute Gasteiger partial charge is 0.310 e. The van der Waals surface area contributed by atoms with Crippen molar-refractivity contribution < 1.29 is 19.1 Å². The molecule has 3 rings (SSSR count). The highest BCUT2D eigenvalue weighted by Crippen LogP contribution is 2.37. The molecule has 0 aliphatic carbocycles. The molecule has 0 spiro atoms. The molecule has 0 saturated carbocycles. The van der Waals surface area contributed by atoms with Gasteiger partial charge in [0.25, 0.3) is 5.91 Å². The molecule has 2 N–H and O–H groups in total. The Morgan fingerprint density at radius 3 is 2.64 bits per heavy atom. The Balaban J connectivity index is 1.70. The second-order valence-electron chi connectivity index (χ2n) is 6.19. The van der Waals surface area contributed by atoms with Gasteiger partial charge in [0.1, 0.15) is 11.8 Å². The molecule has 1 atom stereocenters. The number of nitrogens with one attached hydrogen (secondary N) is 2. The molecule has 1 heterocycles. The molecule has 28 heavy (non-hydrogen) atoms. The summed E-state index contributed by atoms with van der Waals surface area (Å²) in [6, 6.07) is 11.7. The van der Waals surface area contributed by atoms with E-state index in [0.717, 1.165) is 15.7 Å². The van der Waals surface area contributed by atoms with Crippen LogP contribution in [0.15, 0.2) is 46.9 Å². The van der Waals surface area contributed by atoms with Crippen LogP contribution in [-0.2, 0) is 20.9 Å². The molecule has 2 aromatic carbocycles. The van der Waals surface area contributed by atoms with Crippen LogP contribution in [-0.4, -0.2) is 31.4 Å². The highest BCUT2D eigenvalue weighted by atomic mass is 79.9. The number of hydrogen-bond acceptors (Lipinski definition) is 4. The van der Waals surface area contributed by atoms with Crippen molar-refractivity contribution in [3.05, 3.63) is 58.1 Å². The highest BCUT2D eigenvalue weighted by molar-refractivity contribution is 9.10. The Labute approximate surface area is 171 Å². The number of benzene rings is 2. The first-order valence-corrected chi connectivity index (χ1v) is 9.57. The first kappa shape index (κ1) is 19.9. The normalized spacial score (nSPS) is 15.2. The summed E-state index contributed by atoms with van der Waals surface area (Å²) in [5, 5.41) is 5.10. The number of nitrogens with zero attached hydrogens (tertiary/aromatic N) is 1. The molecule has 8 heteroatoms. The van der Waals surface area contributed by atoms with Crippen LogP contribution >= 0.6 is 15.9 Å². The van der Waals surface area contributed by atoms with Crippen molar-refractivity contribution in [2.24, 2.45) is 0 Å². The third-order valence-electron chi connectivity index (χ3n) is 4.53. The fraction of sp³-hybridized carbons (Fsp3) is 0.250. The zero-order valence-electron chi connectivity index (χ0n) is 15.5. The molecule has 2 aromatic rings. The van der Waals surface area contributed by atoms with Gasteiger partial charge in [-0.25, -0.2) is 0 Å². The molecule has 0 fully saturated rings. The maximum atomic E-state index is 12.7. The average Bonchev–Trinajstić information content (AvgIpc) is 2.96. The van der Waals surface area contributed by atoms with E-state index in [9.17, 15) is 14.4 Å². The van der Waals surface area contributed by atoms with Crippen molar-refractivity contribution in [1.82, 2.24) is 10.6 Å². The van der Waals surface area contributed by atoms with E-state index < -0.39 is 17.9 Å². The first-order chi connectivity index (χ1) is 13.5. The molecular weight excluding hydrogens is 426 g/mol. The summed E-state index contributed by atoms with van der Waals surface area (Å²) >= 11 is 3.38. The Hall–Kier alpha value is -2.87. The first-order valence-electron chi connectivity index (χ1n) is 8.77. The van der Waals surface area contributed by atoms with Gasteiger partial charge in [0.2, 0.25) is 0 Å². The van der Waals surface area contributed by atoms with E-state index in [1.807, 2.05) is 31.2 Å². The highest BCUT2D eigenvalue weighted by Gasteiger charge is 2.38. The molecule has 1 aliphatic rings. The number of amides is 3. The maximum Gasteiger partial charge on any atom is 0.310 e. The van der Waals surface area contributed by atoms with Gasteiger partial charge < -0.3 is 20.3 Å². The van der Waals surface area contributed by atoms with Crippen LogP contribution in [0.5, 0.6) is 5.75 Å². The van der Waals surface area contributed by atoms with E-state index >= 15 is 0 Å². The Morgan fingerprint density at radius 1 is 1.18 bits per heavy atom. The molecule has 1 unspecified atom stereocenters. The number of anilines is 1. The lowest BCUT2D eigenvalue weighted by Gasteiger charge is -2.15. The fourth-order valence-electron chi connectivity index (χ4n) is 3.18. The minimum Gasteiger partial charge on any atom is -0.496 e. The summed E-state index contributed by atoms with van der Waals surface area (Å²) in [6.07, 6.45) is 0. The number of halogens is 1. The topological polar surface area (TPSA) is 87.7 Å². The summed E-state index contributed by atoms with van der Waals surface area (Å²) in [4.78, 5) is 38.9. The molecule has 0 aromatic heterocycles. The van der Waals surface area contributed by atoms with Crippen LogP contribution in [0.4, 0.5) is 5.69 Å². The second kappa shape index (κ2) is 8.43. The van der Waals surface area contributed by atoms with E-state index in [1.54, 1.807) is 23.1 Å². The number of carbonyl (C=O) groups excluding carboxylic acids is 3. The summed E-state index contributed by atoms with van der Waals surface area (Å²) in [7, 11) is 1.54. The van der Waals surface area contributed by atoms with Crippen molar-refractivity contribution in [2.45, 2.75) is 19.5 Å². The lowest BCUT2D eigenvalue weighted by molar-refractivity contribution is -0.140. The summed E-state index contributed by atoms with van der Waals surface area (Å²) in [6.45, 7) is 2.46. The number of para-hydroxylation sites is 1. The fourth-order valence-corrected chi connectivity index (χ4v) is 3.56. The quantitative estimate of drug-likeness (QED) is 0.691. The largest absolute Gasteiger partial charge is 0.496 e. The zero-order chi connectivity index (χ0) is 20.3. The lowest BCUT2D eigenvalue weighted by Crippen LogP contribution is -2.44. The van der Waals surface area contributed by atoms with Crippen LogP contribution in [0, 0.1) is 0 Å². The summed E-state index contributed by atoms with van der Waals surface area (Å²) in [5.41, 5.74) is 2.14. The molecule has 7 nitrogen and oxygen atoms in total. The van der Waals surface area contributed by atoms with Crippen LogP contribution in [0.25, 0.3) is 0 Å². The van der Waals surface area contributed by atoms with Crippen LogP contribution in [0.2, 0.25) is 0 Å². The third-order valence-corrected chi connectivity index (χ3v) is 5.03. The summed E-state index contributed by atoms with van der Waals surface area (Å²) < 4.78 is 6.02. The van der Waals surface area contributed by atoms with E-state index in [1.165, 1.54) is 7.11 Å². The van der Waals surface area contributed by atoms with Gasteiger partial charge in [-0.05, 0) is 31.2 Å². The van der Waals surface area contributed by atoms with Crippen molar-refractivity contribution in [3.8, 4) is 5.75 Å². The van der Waals surface area contributed by atoms with Gasteiger partial charge in [0.15, 0.2) is 0 Å². The SMILES string of the molecule is CCN1C(=O)C(NC(=O)C(=O)NCc2ccccc2OC)c2cc(Br)ccc21. The van der Waals surface area contributed by atoms with Gasteiger partial charge in [-0.3, -0.25) is 14.4 Å². The molecular formula is C20H20BrN3O4.